The lowest BCUT2D eigenvalue weighted by molar-refractivity contribution is -0.143. The summed E-state index contributed by atoms with van der Waals surface area (Å²) in [6.07, 6.45) is 2.08. The van der Waals surface area contributed by atoms with E-state index in [-0.39, 0.29) is 13.2 Å². The smallest absolute Gasteiger partial charge is 0.328 e. The first-order valence-corrected chi connectivity index (χ1v) is 7.67. The number of ether oxygens (including phenoxy) is 3. The van der Waals surface area contributed by atoms with Gasteiger partial charge in [-0.15, -0.1) is 0 Å². The van der Waals surface area contributed by atoms with Crippen LogP contribution in [0.15, 0.2) is 17.1 Å². The number of esters is 1. The number of hydrogen-bond acceptors (Lipinski definition) is 6. The third-order valence-corrected chi connectivity index (χ3v) is 3.35. The van der Waals surface area contributed by atoms with Gasteiger partial charge in [0.1, 0.15) is 0 Å². The van der Waals surface area contributed by atoms with E-state index in [9.17, 15) is 4.79 Å². The van der Waals surface area contributed by atoms with E-state index < -0.39 is 11.9 Å². The summed E-state index contributed by atoms with van der Waals surface area (Å²) in [7, 11) is 0. The fraction of sp³-hybridized carbons (Fsp3) is 0.438. The summed E-state index contributed by atoms with van der Waals surface area (Å²) in [5.41, 5.74) is 0.802. The van der Waals surface area contributed by atoms with Gasteiger partial charge >= 0.3 is 5.97 Å². The molecule has 0 aliphatic carbocycles. The van der Waals surface area contributed by atoms with E-state index in [0.717, 1.165) is 12.0 Å². The maximum atomic E-state index is 11.5. The molecule has 0 N–H and O–H groups in total. The quantitative estimate of drug-likeness (QED) is 0.610. The number of fused-ring (bicyclic) bond motifs is 1. The van der Waals surface area contributed by atoms with Crippen LogP contribution in [0, 0.1) is 17.2 Å². The van der Waals surface area contributed by atoms with Crippen molar-refractivity contribution in [3.8, 4) is 17.6 Å². The van der Waals surface area contributed by atoms with Crippen LogP contribution >= 0.6 is 11.6 Å². The summed E-state index contributed by atoms with van der Waals surface area (Å²) in [6.45, 7) is 3.31. The average molecular weight is 337 g/mol. The molecule has 0 spiro atoms. The molecule has 0 unspecified atom stereocenters. The van der Waals surface area contributed by atoms with Crippen molar-refractivity contribution in [2.45, 2.75) is 19.9 Å². The SMILES string of the molecule is CCOC(=O)[C@@H](C#N)C=NCc1cc(Cl)c2c(c1)OCCCO2. The van der Waals surface area contributed by atoms with Gasteiger partial charge in [0, 0.05) is 12.6 Å². The number of carbonyl (C=O) groups excluding carboxylic acids is 1. The maximum Gasteiger partial charge on any atom is 0.328 e. The fourth-order valence-electron chi connectivity index (χ4n) is 2.02. The standard InChI is InChI=1S/C16H17ClN2O4/c1-2-21-16(20)12(8-18)10-19-9-11-6-13(17)15-14(7-11)22-4-3-5-23-15/h6-7,10,12H,2-5,9H2,1H3/t12-/m0/s1. The highest BCUT2D eigenvalue weighted by Gasteiger charge is 2.17. The van der Waals surface area contributed by atoms with Crippen molar-refractivity contribution < 1.29 is 19.0 Å². The number of benzene rings is 1. The molecule has 6 nitrogen and oxygen atoms in total. The van der Waals surface area contributed by atoms with Crippen molar-refractivity contribution >= 4 is 23.8 Å². The Balaban J connectivity index is 2.07. The Morgan fingerprint density at radius 3 is 3.04 bits per heavy atom. The Kier molecular flexibility index (Phi) is 6.24. The Hall–Kier alpha value is -2.26. The molecule has 0 fully saturated rings. The molecule has 0 aromatic heterocycles. The van der Waals surface area contributed by atoms with Crippen LogP contribution in [0.3, 0.4) is 0 Å². The zero-order valence-corrected chi connectivity index (χ0v) is 13.5. The lowest BCUT2D eigenvalue weighted by Crippen LogP contribution is -2.17. The predicted molar refractivity (Wildman–Crippen MR) is 85.0 cm³/mol. The third-order valence-electron chi connectivity index (χ3n) is 3.07. The van der Waals surface area contributed by atoms with Gasteiger partial charge in [0.25, 0.3) is 0 Å². The lowest BCUT2D eigenvalue weighted by atomic mass is 10.2. The van der Waals surface area contributed by atoms with Crippen molar-refractivity contribution in [3.05, 3.63) is 22.7 Å². The van der Waals surface area contributed by atoms with Crippen molar-refractivity contribution in [1.82, 2.24) is 0 Å². The van der Waals surface area contributed by atoms with Crippen LogP contribution in [0.25, 0.3) is 0 Å². The Morgan fingerprint density at radius 1 is 1.52 bits per heavy atom. The molecule has 0 bridgehead atoms. The van der Waals surface area contributed by atoms with Crippen LogP contribution in [-0.4, -0.2) is 32.0 Å². The summed E-state index contributed by atoms with van der Waals surface area (Å²) in [5, 5.41) is 9.41. The fourth-order valence-corrected chi connectivity index (χ4v) is 2.31. The van der Waals surface area contributed by atoms with E-state index in [2.05, 4.69) is 4.99 Å². The van der Waals surface area contributed by atoms with Gasteiger partial charge in [-0.3, -0.25) is 9.79 Å². The molecule has 7 heteroatoms. The van der Waals surface area contributed by atoms with Crippen LogP contribution in [0.1, 0.15) is 18.9 Å². The minimum absolute atomic E-state index is 0.225. The maximum absolute atomic E-state index is 11.5. The number of halogens is 1. The van der Waals surface area contributed by atoms with Crippen LogP contribution in [-0.2, 0) is 16.1 Å². The largest absolute Gasteiger partial charge is 0.489 e. The molecule has 0 saturated heterocycles. The van der Waals surface area contributed by atoms with E-state index in [1.165, 1.54) is 6.21 Å². The lowest BCUT2D eigenvalue weighted by Gasteiger charge is -2.10. The van der Waals surface area contributed by atoms with E-state index in [1.807, 2.05) is 6.07 Å². The molecule has 1 aliphatic heterocycles. The normalized spacial score (nSPS) is 14.8. The van der Waals surface area contributed by atoms with Gasteiger partial charge in [0.2, 0.25) is 0 Å². The number of rotatable bonds is 5. The first-order chi connectivity index (χ1) is 11.2. The van der Waals surface area contributed by atoms with Gasteiger partial charge in [-0.25, -0.2) is 0 Å². The number of aliphatic imine (C=N–C) groups is 1. The molecule has 122 valence electrons. The topological polar surface area (TPSA) is 80.9 Å². The summed E-state index contributed by atoms with van der Waals surface area (Å²) < 4.78 is 15.9. The number of nitrogens with zero attached hydrogens (tertiary/aromatic N) is 2. The second-order valence-corrected chi connectivity index (χ2v) is 5.21. The van der Waals surface area contributed by atoms with Crippen molar-refractivity contribution in [2.75, 3.05) is 19.8 Å². The van der Waals surface area contributed by atoms with E-state index in [1.54, 1.807) is 19.1 Å². The van der Waals surface area contributed by atoms with Gasteiger partial charge in [0.05, 0.1) is 37.5 Å². The number of hydrogen-bond donors (Lipinski definition) is 0. The average Bonchev–Trinajstić information content (AvgIpc) is 2.77. The Labute approximate surface area is 139 Å². The molecule has 0 saturated carbocycles. The molecular formula is C16H17ClN2O4. The highest BCUT2D eigenvalue weighted by atomic mass is 35.5. The Bertz CT molecular complexity index is 640. The highest BCUT2D eigenvalue weighted by molar-refractivity contribution is 6.32. The van der Waals surface area contributed by atoms with E-state index in [4.69, 9.17) is 31.1 Å². The van der Waals surface area contributed by atoms with Crippen LogP contribution in [0.2, 0.25) is 5.02 Å². The first-order valence-electron chi connectivity index (χ1n) is 7.30. The molecule has 0 radical (unpaired) electrons. The third kappa shape index (κ3) is 4.60. The second kappa shape index (κ2) is 8.39. The molecule has 2 rings (SSSR count). The molecule has 1 atom stereocenters. The van der Waals surface area contributed by atoms with Gasteiger partial charge in [-0.2, -0.15) is 5.26 Å². The van der Waals surface area contributed by atoms with Gasteiger partial charge in [0.15, 0.2) is 17.4 Å². The van der Waals surface area contributed by atoms with Crippen molar-refractivity contribution in [2.24, 2.45) is 10.9 Å². The minimum atomic E-state index is -1.01. The second-order valence-electron chi connectivity index (χ2n) is 4.80. The van der Waals surface area contributed by atoms with Gasteiger partial charge in [-0.1, -0.05) is 11.6 Å². The van der Waals surface area contributed by atoms with Crippen LogP contribution in [0.5, 0.6) is 11.5 Å². The number of nitriles is 1. The molecule has 1 aromatic rings. The van der Waals surface area contributed by atoms with E-state index >= 15 is 0 Å². The van der Waals surface area contributed by atoms with Crippen LogP contribution < -0.4 is 9.47 Å². The highest BCUT2D eigenvalue weighted by Crippen LogP contribution is 2.38. The zero-order chi connectivity index (χ0) is 16.7. The van der Waals surface area contributed by atoms with Gasteiger partial charge in [-0.05, 0) is 24.6 Å². The number of carbonyl (C=O) groups is 1. The van der Waals surface area contributed by atoms with Crippen LogP contribution in [0.4, 0.5) is 0 Å². The molecule has 23 heavy (non-hydrogen) atoms. The van der Waals surface area contributed by atoms with Crippen molar-refractivity contribution in [3.63, 3.8) is 0 Å². The predicted octanol–water partition coefficient (Wildman–Crippen LogP) is 2.77. The zero-order valence-electron chi connectivity index (χ0n) is 12.8. The summed E-state index contributed by atoms with van der Waals surface area (Å²) >= 11 is 6.20. The van der Waals surface area contributed by atoms with E-state index in [0.29, 0.717) is 29.7 Å². The first kappa shape index (κ1) is 17.1. The molecular weight excluding hydrogens is 320 g/mol. The van der Waals surface area contributed by atoms with Gasteiger partial charge < -0.3 is 14.2 Å². The minimum Gasteiger partial charge on any atom is -0.489 e. The summed E-state index contributed by atoms with van der Waals surface area (Å²) in [5.74, 6) is -0.484. The molecule has 1 aromatic carbocycles. The summed E-state index contributed by atoms with van der Waals surface area (Å²) in [4.78, 5) is 15.6. The monoisotopic (exact) mass is 336 g/mol. The molecule has 0 amide bonds. The molecule has 1 heterocycles. The van der Waals surface area contributed by atoms with Crippen molar-refractivity contribution in [1.29, 1.82) is 5.26 Å². The molecule has 1 aliphatic rings. The Morgan fingerprint density at radius 2 is 2.30 bits per heavy atom. The summed E-state index contributed by atoms with van der Waals surface area (Å²) in [6, 6.07) is 5.38.